The number of rotatable bonds is 6. The fourth-order valence-corrected chi connectivity index (χ4v) is 14.2. The van der Waals surface area contributed by atoms with Crippen LogP contribution in [-0.4, -0.2) is 6.71 Å². The van der Waals surface area contributed by atoms with Gasteiger partial charge >= 0.3 is 0 Å². The maximum atomic E-state index is 9.38. The molecule has 0 radical (unpaired) electrons. The molecule has 8 aromatic rings. The standard InChI is InChI=1S/C73H80BN3/c1-46-37-65-67-66(38-46)77(63-41-50(69(6,7)8)29-27-47(63)2)62-34-31-53(75(51-23-19-17-20-24-51)52-25-21-18-22-26-52)42-59(62)74(67)60-43-57-58(73(15,16)45-72(57,13)14)44-64(60)76(65)61-33-30-49(68(3,4)5)40-54(61)48-28-32-55-56(39-48)71(11,12)36-35-70(55,9)10/h17-34,37-44H,35-36,45H2,1-16H3/i1D3. The first-order valence-corrected chi connectivity index (χ1v) is 28.4. The Labute approximate surface area is 466 Å². The van der Waals surface area contributed by atoms with Crippen molar-refractivity contribution in [2.45, 2.75) is 162 Å². The van der Waals surface area contributed by atoms with Crippen LogP contribution < -0.4 is 31.1 Å². The highest BCUT2D eigenvalue weighted by molar-refractivity contribution is 7.00. The van der Waals surface area contributed by atoms with Gasteiger partial charge in [-0.1, -0.05) is 176 Å². The van der Waals surface area contributed by atoms with Gasteiger partial charge < -0.3 is 14.7 Å². The zero-order chi connectivity index (χ0) is 57.0. The second kappa shape index (κ2) is 17.4. The molecule has 0 bridgehead atoms. The molecule has 4 aliphatic rings. The summed E-state index contributed by atoms with van der Waals surface area (Å²) in [6.07, 6.45) is 3.27. The van der Waals surface area contributed by atoms with E-state index in [2.05, 4.69) is 264 Å². The van der Waals surface area contributed by atoms with Crippen molar-refractivity contribution in [3.05, 3.63) is 202 Å². The zero-order valence-electron chi connectivity index (χ0n) is 51.6. The van der Waals surface area contributed by atoms with Gasteiger partial charge in [0, 0.05) is 55.2 Å². The molecule has 0 N–H and O–H groups in total. The number of aryl methyl sites for hydroxylation is 2. The first-order valence-electron chi connectivity index (χ1n) is 29.9. The normalized spacial score (nSPS) is 18.0. The Morgan fingerprint density at radius 1 is 0.455 bits per heavy atom. The second-order valence-corrected chi connectivity index (χ2v) is 27.9. The van der Waals surface area contributed by atoms with Gasteiger partial charge in [-0.25, -0.2) is 0 Å². The van der Waals surface area contributed by atoms with E-state index in [4.69, 9.17) is 0 Å². The number of hydrogen-bond donors (Lipinski definition) is 0. The van der Waals surface area contributed by atoms with Crippen LogP contribution in [-0.2, 0) is 32.5 Å². The average Bonchev–Trinajstić information content (AvgIpc) is 3.77. The van der Waals surface area contributed by atoms with Crippen LogP contribution in [0.5, 0.6) is 0 Å². The Kier molecular flexibility index (Phi) is 10.7. The number of para-hydroxylation sites is 2. The number of fused-ring (bicyclic) bond motifs is 6. The number of hydrogen-bond acceptors (Lipinski definition) is 3. The van der Waals surface area contributed by atoms with Gasteiger partial charge in [0.1, 0.15) is 0 Å². The van der Waals surface area contributed by atoms with Gasteiger partial charge in [-0.3, -0.25) is 0 Å². The quantitative estimate of drug-likeness (QED) is 0.154. The zero-order valence-corrected chi connectivity index (χ0v) is 48.6. The van der Waals surface area contributed by atoms with Crippen LogP contribution in [0.2, 0.25) is 0 Å². The predicted octanol–water partition coefficient (Wildman–Crippen LogP) is 18.4. The van der Waals surface area contributed by atoms with Gasteiger partial charge in [0.15, 0.2) is 0 Å². The van der Waals surface area contributed by atoms with E-state index in [0.717, 1.165) is 87.0 Å². The van der Waals surface area contributed by atoms with Crippen molar-refractivity contribution >= 4 is 74.3 Å². The lowest BCUT2D eigenvalue weighted by molar-refractivity contribution is 0.332. The summed E-state index contributed by atoms with van der Waals surface area (Å²) in [4.78, 5) is 7.30. The van der Waals surface area contributed by atoms with Gasteiger partial charge in [0.2, 0.25) is 0 Å². The van der Waals surface area contributed by atoms with Crippen molar-refractivity contribution in [2.75, 3.05) is 14.7 Å². The third-order valence-corrected chi connectivity index (χ3v) is 18.4. The first-order chi connectivity index (χ1) is 37.4. The minimum Gasteiger partial charge on any atom is -0.311 e. The van der Waals surface area contributed by atoms with E-state index in [1.165, 1.54) is 49.9 Å². The van der Waals surface area contributed by atoms with E-state index in [0.29, 0.717) is 5.56 Å². The number of nitrogens with zero attached hydrogens (tertiary/aromatic N) is 3. The summed E-state index contributed by atoms with van der Waals surface area (Å²) in [6.45, 7) is 32.6. The van der Waals surface area contributed by atoms with Crippen molar-refractivity contribution in [3.63, 3.8) is 0 Å². The SMILES string of the molecule is [2H]C([2H])([2H])c1cc2c3c(c1)N(c1ccc(C(C)(C)C)cc1-c1ccc4c(c1)C(C)(C)CCC4(C)C)c1cc4c(cc1B3c1cc(N(c3ccccc3)c3ccccc3)ccc1N2c1cc(C(C)(C)C)ccc1C)C(C)(C)CC4(C)C. The smallest absolute Gasteiger partial charge is 0.252 e. The van der Waals surface area contributed by atoms with Crippen LogP contribution in [0.3, 0.4) is 0 Å². The van der Waals surface area contributed by atoms with E-state index in [-0.39, 0.29) is 39.2 Å². The van der Waals surface area contributed by atoms with E-state index < -0.39 is 6.85 Å². The van der Waals surface area contributed by atoms with Crippen LogP contribution in [0.1, 0.15) is 165 Å². The second-order valence-electron chi connectivity index (χ2n) is 27.9. The molecule has 0 spiro atoms. The Balaban J connectivity index is 1.23. The summed E-state index contributed by atoms with van der Waals surface area (Å²) in [6, 6.07) is 58.9. The molecule has 390 valence electrons. The summed E-state index contributed by atoms with van der Waals surface area (Å²) in [7, 11) is 0. The van der Waals surface area contributed by atoms with Crippen LogP contribution >= 0.6 is 0 Å². The molecule has 0 unspecified atom stereocenters. The van der Waals surface area contributed by atoms with Crippen LogP contribution in [0, 0.1) is 13.8 Å². The molecule has 0 atom stereocenters. The Morgan fingerprint density at radius 3 is 1.60 bits per heavy atom. The average molecular weight is 1010 g/mol. The largest absolute Gasteiger partial charge is 0.311 e. The lowest BCUT2D eigenvalue weighted by Gasteiger charge is -2.46. The third kappa shape index (κ3) is 8.29. The molecule has 12 rings (SSSR count). The maximum Gasteiger partial charge on any atom is 0.252 e. The molecule has 0 fully saturated rings. The van der Waals surface area contributed by atoms with Crippen molar-refractivity contribution in [1.29, 1.82) is 0 Å². The molecule has 0 saturated carbocycles. The number of anilines is 9. The van der Waals surface area contributed by atoms with Gasteiger partial charge in [0.05, 0.1) is 5.69 Å². The summed E-state index contributed by atoms with van der Waals surface area (Å²) < 4.78 is 28.1. The minimum atomic E-state index is -2.42. The van der Waals surface area contributed by atoms with Crippen molar-refractivity contribution < 1.29 is 4.11 Å². The summed E-state index contributed by atoms with van der Waals surface area (Å²) in [5.41, 5.74) is 24.1. The van der Waals surface area contributed by atoms with Crippen LogP contribution in [0.15, 0.2) is 158 Å². The summed E-state index contributed by atoms with van der Waals surface area (Å²) in [5.74, 6) is 0. The third-order valence-electron chi connectivity index (χ3n) is 18.4. The van der Waals surface area contributed by atoms with E-state index in [1.54, 1.807) is 0 Å². The lowest BCUT2D eigenvalue weighted by atomic mass is 9.33. The molecule has 77 heavy (non-hydrogen) atoms. The molecule has 2 aliphatic carbocycles. The molecule has 3 nitrogen and oxygen atoms in total. The Morgan fingerprint density at radius 2 is 0.987 bits per heavy atom. The highest BCUT2D eigenvalue weighted by atomic mass is 15.2. The van der Waals surface area contributed by atoms with E-state index in [1.807, 2.05) is 12.1 Å². The first kappa shape index (κ1) is 47.4. The molecular formula is C73H80BN3. The molecule has 8 aromatic carbocycles. The molecule has 4 heteroatoms. The number of benzene rings is 8. The molecular weight excluding hydrogens is 930 g/mol. The van der Waals surface area contributed by atoms with Crippen molar-refractivity contribution in [3.8, 4) is 11.1 Å². The van der Waals surface area contributed by atoms with E-state index in [9.17, 15) is 4.11 Å². The molecule has 0 saturated heterocycles. The lowest BCUT2D eigenvalue weighted by Crippen LogP contribution is -2.61. The van der Waals surface area contributed by atoms with Gasteiger partial charge in [-0.2, -0.15) is 0 Å². The van der Waals surface area contributed by atoms with Gasteiger partial charge in [-0.15, -0.1) is 0 Å². The fourth-order valence-electron chi connectivity index (χ4n) is 14.2. The monoisotopic (exact) mass is 1010 g/mol. The molecule has 2 heterocycles. The fraction of sp³-hybridized carbons (Fsp3) is 0.342. The predicted molar refractivity (Wildman–Crippen MR) is 333 cm³/mol. The summed E-state index contributed by atoms with van der Waals surface area (Å²) >= 11 is 0. The maximum absolute atomic E-state index is 9.38. The molecule has 2 aliphatic heterocycles. The van der Waals surface area contributed by atoms with Gasteiger partial charge in [0.25, 0.3) is 6.71 Å². The minimum absolute atomic E-state index is 0.00556. The topological polar surface area (TPSA) is 9.72 Å². The molecule has 0 amide bonds. The van der Waals surface area contributed by atoms with E-state index >= 15 is 0 Å². The van der Waals surface area contributed by atoms with Gasteiger partial charge in [-0.05, 0) is 211 Å². The van der Waals surface area contributed by atoms with Crippen molar-refractivity contribution in [2.24, 2.45) is 0 Å². The summed E-state index contributed by atoms with van der Waals surface area (Å²) in [5, 5.41) is 0. The highest BCUT2D eigenvalue weighted by Crippen LogP contribution is 2.55. The Bertz CT molecular complexity index is 3760. The Hall–Kier alpha value is -6.78. The van der Waals surface area contributed by atoms with Crippen LogP contribution in [0.4, 0.5) is 51.2 Å². The van der Waals surface area contributed by atoms with Crippen molar-refractivity contribution in [1.82, 2.24) is 0 Å². The molecule has 0 aromatic heterocycles. The highest BCUT2D eigenvalue weighted by Gasteiger charge is 2.49. The van der Waals surface area contributed by atoms with Crippen LogP contribution in [0.25, 0.3) is 11.1 Å².